The van der Waals surface area contributed by atoms with Gasteiger partial charge in [-0.15, -0.1) is 5.10 Å². The Morgan fingerprint density at radius 1 is 1.22 bits per heavy atom. The molecule has 0 unspecified atom stereocenters. The number of ether oxygens (including phenoxy) is 1. The highest BCUT2D eigenvalue weighted by molar-refractivity contribution is 5.78. The molecule has 0 aromatic carbocycles. The van der Waals surface area contributed by atoms with Crippen LogP contribution in [0.25, 0.3) is 5.65 Å². The topological polar surface area (TPSA) is 118 Å². The number of hydrogen-bond donors (Lipinski definition) is 1. The quantitative estimate of drug-likeness (QED) is 0.432. The van der Waals surface area contributed by atoms with E-state index in [1.54, 1.807) is 10.7 Å². The van der Waals surface area contributed by atoms with Crippen molar-refractivity contribution in [2.24, 2.45) is 0 Å². The first kappa shape index (κ1) is 26.5. The third-order valence-electron chi connectivity index (χ3n) is 6.37. The number of amides is 1. The average molecular weight is 514 g/mol. The van der Waals surface area contributed by atoms with Crippen LogP contribution in [0.5, 0.6) is 6.01 Å². The molecule has 0 spiro atoms. The highest BCUT2D eigenvalue weighted by Crippen LogP contribution is 2.23. The molecule has 0 bridgehead atoms. The van der Waals surface area contributed by atoms with Crippen LogP contribution in [0.2, 0.25) is 0 Å². The Bertz CT molecular complexity index is 1220. The lowest BCUT2D eigenvalue weighted by atomic mass is 10.1. The van der Waals surface area contributed by atoms with E-state index < -0.39 is 12.8 Å². The highest BCUT2D eigenvalue weighted by Gasteiger charge is 2.23. The van der Waals surface area contributed by atoms with E-state index >= 15 is 0 Å². The standard InChI is InChI=1S/C25H36FN9O2/c1-5-6-20(13-26)37-25-30-22(27)24-29-15-19(35(24)31-25)12-18-11-17(2)23(28-14-18)34-9-7-33(8-10-34)21(36)16-32(3)4/h11,14-15,20H,5-10,12-13,16H2,1-4H3,(H2,27,30,31)/t20-/m0/s1. The molecule has 0 aliphatic carbocycles. The number of aromatic nitrogens is 5. The minimum atomic E-state index is -0.620. The number of rotatable bonds is 10. The van der Waals surface area contributed by atoms with E-state index in [2.05, 4.69) is 26.0 Å². The van der Waals surface area contributed by atoms with E-state index in [0.717, 1.165) is 42.1 Å². The van der Waals surface area contributed by atoms with Gasteiger partial charge in [0.2, 0.25) is 5.91 Å². The minimum Gasteiger partial charge on any atom is -0.456 e. The maximum absolute atomic E-state index is 13.3. The van der Waals surface area contributed by atoms with E-state index in [1.807, 2.05) is 43.9 Å². The van der Waals surface area contributed by atoms with Gasteiger partial charge in [-0.2, -0.15) is 4.98 Å². The number of alkyl halides is 1. The van der Waals surface area contributed by atoms with Crippen LogP contribution in [0.1, 0.15) is 36.6 Å². The molecule has 0 saturated carbocycles. The molecule has 1 saturated heterocycles. The number of carbonyl (C=O) groups excluding carboxylic acids is 1. The van der Waals surface area contributed by atoms with Crippen molar-refractivity contribution in [3.8, 4) is 6.01 Å². The van der Waals surface area contributed by atoms with Crippen molar-refractivity contribution in [2.45, 2.75) is 39.2 Å². The lowest BCUT2D eigenvalue weighted by Crippen LogP contribution is -2.51. The molecule has 2 N–H and O–H groups in total. The number of halogens is 1. The SMILES string of the molecule is CCC[C@@H](CF)Oc1nc(N)c2ncc(Cc3cnc(N4CCN(C(=O)CN(C)C)CC4)c(C)c3)n2n1. The number of aryl methyl sites for hydroxylation is 1. The Morgan fingerprint density at radius 2 is 1.97 bits per heavy atom. The summed E-state index contributed by atoms with van der Waals surface area (Å²) in [6.07, 6.45) is 4.83. The molecule has 12 heteroatoms. The van der Waals surface area contributed by atoms with Crippen molar-refractivity contribution in [3.63, 3.8) is 0 Å². The van der Waals surface area contributed by atoms with Gasteiger partial charge in [0.05, 0.1) is 18.4 Å². The Labute approximate surface area is 216 Å². The summed E-state index contributed by atoms with van der Waals surface area (Å²) < 4.78 is 20.5. The first-order chi connectivity index (χ1) is 17.8. The Hall–Kier alpha value is -3.54. The van der Waals surface area contributed by atoms with E-state index in [-0.39, 0.29) is 17.7 Å². The fraction of sp³-hybridized carbons (Fsp3) is 0.560. The summed E-state index contributed by atoms with van der Waals surface area (Å²) in [6.45, 7) is 6.68. The summed E-state index contributed by atoms with van der Waals surface area (Å²) in [5.41, 5.74) is 9.36. The van der Waals surface area contributed by atoms with E-state index in [0.29, 0.717) is 38.1 Å². The zero-order valence-electron chi connectivity index (χ0n) is 22.0. The molecule has 200 valence electrons. The lowest BCUT2D eigenvalue weighted by molar-refractivity contribution is -0.132. The number of pyridine rings is 1. The average Bonchev–Trinajstić information content (AvgIpc) is 3.26. The van der Waals surface area contributed by atoms with Gasteiger partial charge in [-0.05, 0) is 38.6 Å². The van der Waals surface area contributed by atoms with Gasteiger partial charge in [0.25, 0.3) is 0 Å². The molecule has 3 aromatic heterocycles. The van der Waals surface area contributed by atoms with Crippen LogP contribution in [0.15, 0.2) is 18.5 Å². The second-order valence-electron chi connectivity index (χ2n) is 9.71. The smallest absolute Gasteiger partial charge is 0.336 e. The molecular weight excluding hydrogens is 477 g/mol. The van der Waals surface area contributed by atoms with Gasteiger partial charge in [-0.25, -0.2) is 18.9 Å². The summed E-state index contributed by atoms with van der Waals surface area (Å²) in [5.74, 6) is 1.26. The summed E-state index contributed by atoms with van der Waals surface area (Å²) >= 11 is 0. The highest BCUT2D eigenvalue weighted by atomic mass is 19.1. The molecule has 1 aliphatic heterocycles. The van der Waals surface area contributed by atoms with Gasteiger partial charge in [0, 0.05) is 38.8 Å². The van der Waals surface area contributed by atoms with Crippen LogP contribution in [0, 0.1) is 6.92 Å². The molecule has 37 heavy (non-hydrogen) atoms. The maximum Gasteiger partial charge on any atom is 0.336 e. The van der Waals surface area contributed by atoms with Crippen molar-refractivity contribution in [2.75, 3.05) is 64.1 Å². The predicted octanol–water partition coefficient (Wildman–Crippen LogP) is 1.73. The van der Waals surface area contributed by atoms with Crippen molar-refractivity contribution in [3.05, 3.63) is 35.3 Å². The summed E-state index contributed by atoms with van der Waals surface area (Å²) in [6, 6.07) is 2.14. The number of fused-ring (bicyclic) bond motifs is 1. The first-order valence-electron chi connectivity index (χ1n) is 12.6. The molecule has 4 rings (SSSR count). The van der Waals surface area contributed by atoms with Gasteiger partial charge in [-0.1, -0.05) is 19.4 Å². The van der Waals surface area contributed by atoms with Gasteiger partial charge in [0.1, 0.15) is 18.6 Å². The van der Waals surface area contributed by atoms with Crippen LogP contribution in [-0.2, 0) is 11.2 Å². The summed E-state index contributed by atoms with van der Waals surface area (Å²) in [5, 5.41) is 4.43. The van der Waals surface area contributed by atoms with Crippen LogP contribution in [-0.4, -0.2) is 99.9 Å². The van der Waals surface area contributed by atoms with Crippen LogP contribution >= 0.6 is 0 Å². The Morgan fingerprint density at radius 3 is 2.62 bits per heavy atom. The number of nitrogens with zero attached hydrogens (tertiary/aromatic N) is 8. The minimum absolute atomic E-state index is 0.0354. The molecule has 1 atom stereocenters. The van der Waals surface area contributed by atoms with Crippen LogP contribution < -0.4 is 15.4 Å². The van der Waals surface area contributed by atoms with Crippen molar-refractivity contribution >= 4 is 23.2 Å². The largest absolute Gasteiger partial charge is 0.456 e. The zero-order valence-corrected chi connectivity index (χ0v) is 22.0. The number of likely N-dealkylation sites (N-methyl/N-ethyl adjacent to an activating group) is 1. The van der Waals surface area contributed by atoms with E-state index in [1.165, 1.54) is 0 Å². The Kier molecular flexibility index (Phi) is 8.37. The zero-order chi connectivity index (χ0) is 26.5. The third kappa shape index (κ3) is 6.24. The predicted molar refractivity (Wildman–Crippen MR) is 140 cm³/mol. The third-order valence-corrected chi connectivity index (χ3v) is 6.37. The molecule has 4 heterocycles. The number of piperazine rings is 1. The fourth-order valence-corrected chi connectivity index (χ4v) is 4.54. The van der Waals surface area contributed by atoms with Gasteiger partial charge in [0.15, 0.2) is 11.5 Å². The first-order valence-corrected chi connectivity index (χ1v) is 12.6. The summed E-state index contributed by atoms with van der Waals surface area (Å²) in [7, 11) is 3.81. The number of nitrogens with two attached hydrogens (primary N) is 1. The van der Waals surface area contributed by atoms with E-state index in [9.17, 15) is 9.18 Å². The van der Waals surface area contributed by atoms with Crippen molar-refractivity contribution in [1.29, 1.82) is 0 Å². The van der Waals surface area contributed by atoms with E-state index in [4.69, 9.17) is 15.5 Å². The number of imidazole rings is 1. The molecule has 3 aromatic rings. The van der Waals surface area contributed by atoms with Crippen LogP contribution in [0.3, 0.4) is 0 Å². The molecule has 1 amide bonds. The van der Waals surface area contributed by atoms with Crippen LogP contribution in [0.4, 0.5) is 16.0 Å². The van der Waals surface area contributed by atoms with Gasteiger partial charge in [-0.3, -0.25) is 4.79 Å². The monoisotopic (exact) mass is 513 g/mol. The second kappa shape index (κ2) is 11.7. The number of anilines is 2. The van der Waals surface area contributed by atoms with Crippen molar-refractivity contribution in [1.82, 2.24) is 34.4 Å². The molecule has 0 radical (unpaired) electrons. The number of carbonyl (C=O) groups is 1. The fourth-order valence-electron chi connectivity index (χ4n) is 4.54. The molecule has 11 nitrogen and oxygen atoms in total. The summed E-state index contributed by atoms with van der Waals surface area (Å²) in [4.78, 5) is 31.6. The lowest BCUT2D eigenvalue weighted by Gasteiger charge is -2.36. The van der Waals surface area contributed by atoms with Crippen molar-refractivity contribution < 1.29 is 13.9 Å². The second-order valence-corrected chi connectivity index (χ2v) is 9.71. The molecule has 1 aliphatic rings. The molecular formula is C25H36FN9O2. The normalized spacial score (nSPS) is 15.0. The van der Waals surface area contributed by atoms with Gasteiger partial charge >= 0.3 is 6.01 Å². The Balaban J connectivity index is 1.46. The molecule has 1 fully saturated rings. The number of hydrogen-bond acceptors (Lipinski definition) is 9. The maximum atomic E-state index is 13.3. The van der Waals surface area contributed by atoms with Gasteiger partial charge < -0.3 is 25.2 Å². The number of nitrogen functional groups attached to an aromatic ring is 1.